The molecule has 2 rings (SSSR count). The summed E-state index contributed by atoms with van der Waals surface area (Å²) in [5, 5.41) is 12.9. The van der Waals surface area contributed by atoms with E-state index in [1.54, 1.807) is 12.1 Å². The molecule has 3 heteroatoms. The van der Waals surface area contributed by atoms with Crippen molar-refractivity contribution in [1.29, 1.82) is 0 Å². The van der Waals surface area contributed by atoms with Gasteiger partial charge in [-0.25, -0.2) is 4.39 Å². The largest absolute Gasteiger partial charge is 0.392 e. The highest BCUT2D eigenvalue weighted by Crippen LogP contribution is 2.18. The molecule has 0 aromatic heterocycles. The summed E-state index contributed by atoms with van der Waals surface area (Å²) in [6, 6.07) is 6.91. The standard InChI is InChI=1S/C13H18FNO/c14-11-4-1-3-10(9-11)7-8-15-12-5-2-6-13(12)16/h1,3-4,9,12-13,15-16H,2,5-8H2. The zero-order valence-corrected chi connectivity index (χ0v) is 9.32. The quantitative estimate of drug-likeness (QED) is 0.816. The lowest BCUT2D eigenvalue weighted by Crippen LogP contribution is -2.36. The molecule has 1 aliphatic rings. The van der Waals surface area contributed by atoms with Gasteiger partial charge < -0.3 is 10.4 Å². The van der Waals surface area contributed by atoms with Crippen molar-refractivity contribution in [2.24, 2.45) is 0 Å². The summed E-state index contributed by atoms with van der Waals surface area (Å²) >= 11 is 0. The Labute approximate surface area is 95.5 Å². The Kier molecular flexibility index (Phi) is 3.91. The smallest absolute Gasteiger partial charge is 0.123 e. The summed E-state index contributed by atoms with van der Waals surface area (Å²) < 4.78 is 12.9. The Morgan fingerprint density at radius 2 is 2.25 bits per heavy atom. The van der Waals surface area contributed by atoms with E-state index in [1.165, 1.54) is 6.07 Å². The van der Waals surface area contributed by atoms with E-state index >= 15 is 0 Å². The van der Waals surface area contributed by atoms with Crippen LogP contribution in [0.3, 0.4) is 0 Å². The number of halogens is 1. The van der Waals surface area contributed by atoms with Crippen molar-refractivity contribution in [3.63, 3.8) is 0 Å². The molecule has 0 heterocycles. The Morgan fingerprint density at radius 3 is 2.94 bits per heavy atom. The van der Waals surface area contributed by atoms with Gasteiger partial charge in [0.15, 0.2) is 0 Å². The summed E-state index contributed by atoms with van der Waals surface area (Å²) in [7, 11) is 0. The van der Waals surface area contributed by atoms with Gasteiger partial charge in [0.1, 0.15) is 5.82 Å². The van der Waals surface area contributed by atoms with Crippen molar-refractivity contribution in [1.82, 2.24) is 5.32 Å². The van der Waals surface area contributed by atoms with Gasteiger partial charge >= 0.3 is 0 Å². The first kappa shape index (κ1) is 11.6. The van der Waals surface area contributed by atoms with Gasteiger partial charge in [-0.3, -0.25) is 0 Å². The summed E-state index contributed by atoms with van der Waals surface area (Å²) in [5.41, 5.74) is 1.000. The zero-order chi connectivity index (χ0) is 11.4. The second kappa shape index (κ2) is 5.41. The van der Waals surface area contributed by atoms with Gasteiger partial charge in [-0.2, -0.15) is 0 Å². The summed E-state index contributed by atoms with van der Waals surface area (Å²) in [6.45, 7) is 0.797. The molecule has 1 fully saturated rings. The van der Waals surface area contributed by atoms with E-state index in [2.05, 4.69) is 5.32 Å². The number of hydrogen-bond donors (Lipinski definition) is 2. The average Bonchev–Trinajstić information content (AvgIpc) is 2.65. The minimum atomic E-state index is -0.201. The maximum Gasteiger partial charge on any atom is 0.123 e. The average molecular weight is 223 g/mol. The van der Waals surface area contributed by atoms with Crippen LogP contribution in [0.15, 0.2) is 24.3 Å². The second-order valence-corrected chi connectivity index (χ2v) is 4.44. The molecule has 2 atom stereocenters. The van der Waals surface area contributed by atoms with Crippen LogP contribution >= 0.6 is 0 Å². The summed E-state index contributed by atoms with van der Waals surface area (Å²) in [5.74, 6) is -0.182. The number of aliphatic hydroxyl groups excluding tert-OH is 1. The number of hydrogen-bond acceptors (Lipinski definition) is 2. The molecule has 0 amide bonds. The number of aliphatic hydroxyl groups is 1. The SMILES string of the molecule is OC1CCCC1NCCc1cccc(F)c1. The topological polar surface area (TPSA) is 32.3 Å². The van der Waals surface area contributed by atoms with Crippen LogP contribution in [0.1, 0.15) is 24.8 Å². The Bertz CT molecular complexity index is 342. The molecule has 0 aliphatic heterocycles. The Balaban J connectivity index is 1.75. The Morgan fingerprint density at radius 1 is 1.38 bits per heavy atom. The third-order valence-corrected chi connectivity index (χ3v) is 3.19. The lowest BCUT2D eigenvalue weighted by Gasteiger charge is -2.16. The molecule has 0 saturated heterocycles. The van der Waals surface area contributed by atoms with Crippen LogP contribution in [-0.2, 0) is 6.42 Å². The van der Waals surface area contributed by atoms with Crippen molar-refractivity contribution < 1.29 is 9.50 Å². The molecular formula is C13H18FNO. The lowest BCUT2D eigenvalue weighted by atomic mass is 10.1. The van der Waals surface area contributed by atoms with E-state index < -0.39 is 0 Å². The molecular weight excluding hydrogens is 205 g/mol. The van der Waals surface area contributed by atoms with Crippen LogP contribution in [-0.4, -0.2) is 23.8 Å². The van der Waals surface area contributed by atoms with Crippen molar-refractivity contribution in [3.8, 4) is 0 Å². The number of rotatable bonds is 4. The van der Waals surface area contributed by atoms with Crippen LogP contribution < -0.4 is 5.32 Å². The molecule has 1 saturated carbocycles. The normalized spacial score (nSPS) is 24.9. The van der Waals surface area contributed by atoms with Crippen molar-refractivity contribution >= 4 is 0 Å². The lowest BCUT2D eigenvalue weighted by molar-refractivity contribution is 0.149. The van der Waals surface area contributed by atoms with E-state index in [9.17, 15) is 9.50 Å². The highest BCUT2D eigenvalue weighted by Gasteiger charge is 2.23. The first-order chi connectivity index (χ1) is 7.75. The monoisotopic (exact) mass is 223 g/mol. The van der Waals surface area contributed by atoms with E-state index in [4.69, 9.17) is 0 Å². The zero-order valence-electron chi connectivity index (χ0n) is 9.32. The molecule has 1 aromatic carbocycles. The fourth-order valence-corrected chi connectivity index (χ4v) is 2.27. The van der Waals surface area contributed by atoms with E-state index in [0.29, 0.717) is 0 Å². The van der Waals surface area contributed by atoms with E-state index in [-0.39, 0.29) is 18.0 Å². The molecule has 2 N–H and O–H groups in total. The predicted octanol–water partition coefficient (Wildman–Crippen LogP) is 1.87. The van der Waals surface area contributed by atoms with Crippen LogP contribution in [0.2, 0.25) is 0 Å². The summed E-state index contributed by atoms with van der Waals surface area (Å²) in [6.07, 6.45) is 3.65. The fourth-order valence-electron chi connectivity index (χ4n) is 2.27. The highest BCUT2D eigenvalue weighted by atomic mass is 19.1. The molecule has 16 heavy (non-hydrogen) atoms. The highest BCUT2D eigenvalue weighted by molar-refractivity contribution is 5.16. The minimum absolute atomic E-state index is 0.182. The summed E-state index contributed by atoms with van der Waals surface area (Å²) in [4.78, 5) is 0. The van der Waals surface area contributed by atoms with Gasteiger partial charge in [0.25, 0.3) is 0 Å². The van der Waals surface area contributed by atoms with Crippen LogP contribution in [0.5, 0.6) is 0 Å². The molecule has 1 aliphatic carbocycles. The molecule has 0 bridgehead atoms. The van der Waals surface area contributed by atoms with Gasteiger partial charge in [0.2, 0.25) is 0 Å². The maximum absolute atomic E-state index is 12.9. The molecule has 1 aromatic rings. The van der Waals surface area contributed by atoms with Gasteiger partial charge in [0, 0.05) is 6.04 Å². The maximum atomic E-state index is 12.9. The van der Waals surface area contributed by atoms with Gasteiger partial charge in [-0.15, -0.1) is 0 Å². The number of nitrogens with one attached hydrogen (secondary N) is 1. The van der Waals surface area contributed by atoms with Crippen LogP contribution in [0.25, 0.3) is 0 Å². The molecule has 0 radical (unpaired) electrons. The van der Waals surface area contributed by atoms with Crippen LogP contribution in [0.4, 0.5) is 4.39 Å². The van der Waals surface area contributed by atoms with Gasteiger partial charge in [-0.05, 0) is 49.9 Å². The first-order valence-electron chi connectivity index (χ1n) is 5.91. The van der Waals surface area contributed by atoms with Crippen molar-refractivity contribution in [2.45, 2.75) is 37.8 Å². The molecule has 88 valence electrons. The van der Waals surface area contributed by atoms with Crippen molar-refractivity contribution in [2.75, 3.05) is 6.54 Å². The van der Waals surface area contributed by atoms with Gasteiger partial charge in [-0.1, -0.05) is 12.1 Å². The first-order valence-corrected chi connectivity index (χ1v) is 5.91. The molecule has 2 nitrogen and oxygen atoms in total. The fraction of sp³-hybridized carbons (Fsp3) is 0.538. The molecule has 0 spiro atoms. The number of benzene rings is 1. The second-order valence-electron chi connectivity index (χ2n) is 4.44. The van der Waals surface area contributed by atoms with Crippen LogP contribution in [0, 0.1) is 5.82 Å². The van der Waals surface area contributed by atoms with E-state index in [0.717, 1.165) is 37.8 Å². The van der Waals surface area contributed by atoms with E-state index in [1.807, 2.05) is 6.07 Å². The molecule has 2 unspecified atom stereocenters. The predicted molar refractivity (Wildman–Crippen MR) is 61.8 cm³/mol. The van der Waals surface area contributed by atoms with Gasteiger partial charge in [0.05, 0.1) is 6.10 Å². The Hall–Kier alpha value is -0.930. The third kappa shape index (κ3) is 3.03. The minimum Gasteiger partial charge on any atom is -0.392 e. The van der Waals surface area contributed by atoms with Crippen molar-refractivity contribution in [3.05, 3.63) is 35.6 Å². The third-order valence-electron chi connectivity index (χ3n) is 3.19.